The van der Waals surface area contributed by atoms with Crippen molar-refractivity contribution in [2.24, 2.45) is 5.10 Å². The van der Waals surface area contributed by atoms with E-state index in [4.69, 9.17) is 4.74 Å². The number of hydrogen-bond donors (Lipinski definition) is 0. The SMILES string of the molecule is COC(=O)C1=C(C)N(c2ccccc2)[C@@]2(SC(C(C)=O)=NN2c2ccc([N+](=O)[O-])cc2)S1. The van der Waals surface area contributed by atoms with Gasteiger partial charge in [0, 0.05) is 30.4 Å². The van der Waals surface area contributed by atoms with Gasteiger partial charge in [-0.05, 0) is 43.0 Å². The molecule has 2 heterocycles. The van der Waals surface area contributed by atoms with Crippen LogP contribution in [0.1, 0.15) is 13.8 Å². The first-order chi connectivity index (χ1) is 15.3. The van der Waals surface area contributed by atoms with Crippen LogP contribution in [0.4, 0.5) is 17.1 Å². The van der Waals surface area contributed by atoms with E-state index in [-0.39, 0.29) is 16.5 Å². The van der Waals surface area contributed by atoms with Gasteiger partial charge in [0.2, 0.25) is 4.33 Å². The zero-order chi connectivity index (χ0) is 23.0. The fourth-order valence-electron chi connectivity index (χ4n) is 3.41. The molecule has 2 aromatic carbocycles. The average Bonchev–Trinajstić information content (AvgIpc) is 3.31. The van der Waals surface area contributed by atoms with E-state index in [0.29, 0.717) is 16.3 Å². The monoisotopic (exact) mass is 470 g/mol. The Morgan fingerprint density at radius 2 is 1.72 bits per heavy atom. The number of nitro benzene ring substituents is 1. The predicted octanol–water partition coefficient (Wildman–Crippen LogP) is 4.32. The van der Waals surface area contributed by atoms with Gasteiger partial charge in [0.25, 0.3) is 5.69 Å². The summed E-state index contributed by atoms with van der Waals surface area (Å²) in [6, 6.07) is 15.3. The number of nitro groups is 1. The Morgan fingerprint density at radius 1 is 1.06 bits per heavy atom. The summed E-state index contributed by atoms with van der Waals surface area (Å²) in [5, 5.41) is 17.5. The minimum atomic E-state index is -1.08. The molecule has 2 aliphatic rings. The van der Waals surface area contributed by atoms with E-state index in [9.17, 15) is 19.7 Å². The summed E-state index contributed by atoms with van der Waals surface area (Å²) in [6.07, 6.45) is 0. The van der Waals surface area contributed by atoms with Crippen LogP contribution in [-0.4, -0.2) is 33.2 Å². The number of non-ortho nitro benzene ring substituents is 1. The average molecular weight is 471 g/mol. The number of ether oxygens (including phenoxy) is 1. The van der Waals surface area contributed by atoms with Gasteiger partial charge in [-0.25, -0.2) is 9.80 Å². The Balaban J connectivity index is 1.89. The third kappa shape index (κ3) is 3.53. The van der Waals surface area contributed by atoms with Crippen LogP contribution in [0.25, 0.3) is 0 Å². The molecule has 11 heteroatoms. The topological polar surface area (TPSA) is 105 Å². The Hall–Kier alpha value is -3.31. The van der Waals surface area contributed by atoms with E-state index >= 15 is 0 Å². The molecule has 2 aliphatic heterocycles. The molecule has 4 rings (SSSR count). The van der Waals surface area contributed by atoms with E-state index in [2.05, 4.69) is 5.10 Å². The highest BCUT2D eigenvalue weighted by molar-refractivity contribution is 8.29. The Kier molecular flexibility index (Phi) is 5.70. The van der Waals surface area contributed by atoms with Crippen molar-refractivity contribution in [1.82, 2.24) is 0 Å². The minimum Gasteiger partial charge on any atom is -0.465 e. The fraction of sp³-hybridized carbons (Fsp3) is 0.190. The molecule has 0 N–H and O–H groups in total. The molecule has 164 valence electrons. The van der Waals surface area contributed by atoms with Crippen LogP contribution in [0.5, 0.6) is 0 Å². The molecule has 0 amide bonds. The van der Waals surface area contributed by atoms with Gasteiger partial charge in [-0.3, -0.25) is 14.9 Å². The first-order valence-corrected chi connectivity index (χ1v) is 11.1. The normalized spacial score (nSPS) is 20.0. The van der Waals surface area contributed by atoms with E-state index < -0.39 is 15.2 Å². The molecule has 1 atom stereocenters. The Morgan fingerprint density at radius 3 is 2.28 bits per heavy atom. The first kappa shape index (κ1) is 21.9. The first-order valence-electron chi connectivity index (χ1n) is 9.45. The summed E-state index contributed by atoms with van der Waals surface area (Å²) < 4.78 is 3.92. The predicted molar refractivity (Wildman–Crippen MR) is 125 cm³/mol. The number of carbonyl (C=O) groups is 2. The number of carbonyl (C=O) groups excluding carboxylic acids is 2. The van der Waals surface area contributed by atoms with Crippen molar-refractivity contribution in [3.05, 3.63) is 75.3 Å². The van der Waals surface area contributed by atoms with Gasteiger partial charge in [-0.1, -0.05) is 30.0 Å². The molecule has 0 aromatic heterocycles. The quantitative estimate of drug-likeness (QED) is 0.359. The summed E-state index contributed by atoms with van der Waals surface area (Å²) in [7, 11) is 1.31. The fourth-order valence-corrected chi connectivity index (χ4v) is 6.38. The molecule has 0 unspecified atom stereocenters. The number of Topliss-reactive ketones (excluding diaryl/α,β-unsaturated/α-hetero) is 1. The summed E-state index contributed by atoms with van der Waals surface area (Å²) in [6.45, 7) is 3.23. The maximum absolute atomic E-state index is 12.6. The lowest BCUT2D eigenvalue weighted by Gasteiger charge is -2.41. The third-order valence-electron chi connectivity index (χ3n) is 4.86. The molecule has 32 heavy (non-hydrogen) atoms. The number of ketones is 1. The molecule has 0 fully saturated rings. The number of thioether (sulfide) groups is 2. The zero-order valence-electron chi connectivity index (χ0n) is 17.3. The molecule has 0 radical (unpaired) electrons. The largest absolute Gasteiger partial charge is 0.465 e. The Bertz CT molecular complexity index is 1170. The summed E-state index contributed by atoms with van der Waals surface area (Å²) >= 11 is 2.43. The number of methoxy groups -OCH3 is 1. The Labute approximate surface area is 192 Å². The zero-order valence-corrected chi connectivity index (χ0v) is 19.0. The van der Waals surface area contributed by atoms with Crippen LogP contribution >= 0.6 is 23.5 Å². The van der Waals surface area contributed by atoms with Gasteiger partial charge in [-0.15, -0.1) is 0 Å². The number of benzene rings is 2. The summed E-state index contributed by atoms with van der Waals surface area (Å²) in [4.78, 5) is 37.8. The van der Waals surface area contributed by atoms with Crippen molar-refractivity contribution < 1.29 is 19.2 Å². The van der Waals surface area contributed by atoms with Crippen molar-refractivity contribution >= 4 is 57.4 Å². The van der Waals surface area contributed by atoms with Gasteiger partial charge in [0.05, 0.1) is 17.7 Å². The second-order valence-corrected chi connectivity index (χ2v) is 9.48. The molecule has 0 aliphatic carbocycles. The van der Waals surface area contributed by atoms with E-state index in [1.807, 2.05) is 35.2 Å². The second-order valence-electron chi connectivity index (χ2n) is 6.88. The molecular formula is C21H18N4O5S2. The number of para-hydroxylation sites is 1. The molecule has 0 saturated carbocycles. The van der Waals surface area contributed by atoms with E-state index in [1.54, 1.807) is 24.1 Å². The lowest BCUT2D eigenvalue weighted by atomic mass is 10.2. The van der Waals surface area contributed by atoms with Gasteiger partial charge in [-0.2, -0.15) is 5.10 Å². The van der Waals surface area contributed by atoms with Crippen molar-refractivity contribution in [3.8, 4) is 0 Å². The van der Waals surface area contributed by atoms with Crippen LogP contribution in [0.3, 0.4) is 0 Å². The molecule has 1 spiro atoms. The highest BCUT2D eigenvalue weighted by Gasteiger charge is 2.57. The standard InChI is InChI=1S/C21H18N4O5S2/c1-13-18(20(27)30-3)31-21(23(13)15-7-5-4-6-8-15)24(22-19(32-21)14(2)26)16-9-11-17(12-10-16)25(28)29/h4-12H,1-3H3/t21-/m0/s1. The van der Waals surface area contributed by atoms with Crippen LogP contribution < -0.4 is 9.91 Å². The van der Waals surface area contributed by atoms with Gasteiger partial charge >= 0.3 is 5.97 Å². The lowest BCUT2D eigenvalue weighted by Crippen LogP contribution is -2.49. The smallest absolute Gasteiger partial charge is 0.346 e. The number of allylic oxidation sites excluding steroid dienone is 1. The molecule has 0 bridgehead atoms. The van der Waals surface area contributed by atoms with E-state index in [0.717, 1.165) is 5.69 Å². The summed E-state index contributed by atoms with van der Waals surface area (Å²) in [5.74, 6) is -0.720. The van der Waals surface area contributed by atoms with E-state index in [1.165, 1.54) is 49.7 Å². The van der Waals surface area contributed by atoms with Crippen molar-refractivity contribution in [1.29, 1.82) is 0 Å². The maximum Gasteiger partial charge on any atom is 0.346 e. The lowest BCUT2D eigenvalue weighted by molar-refractivity contribution is -0.384. The molecule has 9 nitrogen and oxygen atoms in total. The van der Waals surface area contributed by atoms with Gasteiger partial charge < -0.3 is 9.64 Å². The third-order valence-corrected chi connectivity index (χ3v) is 7.83. The number of hydrazone groups is 1. The van der Waals surface area contributed by atoms with Crippen LogP contribution in [0.15, 0.2) is 70.3 Å². The highest BCUT2D eigenvalue weighted by Crippen LogP contribution is 2.60. The van der Waals surface area contributed by atoms with Crippen molar-refractivity contribution in [3.63, 3.8) is 0 Å². The number of anilines is 2. The van der Waals surface area contributed by atoms with Gasteiger partial charge in [0.1, 0.15) is 4.91 Å². The van der Waals surface area contributed by atoms with Gasteiger partial charge in [0.15, 0.2) is 10.8 Å². The molecular weight excluding hydrogens is 452 g/mol. The summed E-state index contributed by atoms with van der Waals surface area (Å²) in [5.41, 5.74) is 1.91. The minimum absolute atomic E-state index is 0.0611. The van der Waals surface area contributed by atoms with Crippen LogP contribution in [0.2, 0.25) is 0 Å². The second kappa shape index (κ2) is 8.32. The molecule has 0 saturated heterocycles. The van der Waals surface area contributed by atoms with Crippen molar-refractivity contribution in [2.75, 3.05) is 17.0 Å². The highest BCUT2D eigenvalue weighted by atomic mass is 32.2. The van der Waals surface area contributed by atoms with Crippen molar-refractivity contribution in [2.45, 2.75) is 18.2 Å². The number of hydrogen-bond acceptors (Lipinski definition) is 10. The van der Waals surface area contributed by atoms with Crippen LogP contribution in [-0.2, 0) is 14.3 Å². The molecule has 2 aromatic rings. The number of nitrogens with zero attached hydrogens (tertiary/aromatic N) is 4. The van der Waals surface area contributed by atoms with Crippen LogP contribution in [0, 0.1) is 10.1 Å². The number of esters is 1. The maximum atomic E-state index is 12.6. The number of rotatable bonds is 5.